The van der Waals surface area contributed by atoms with E-state index >= 15 is 0 Å². The van der Waals surface area contributed by atoms with E-state index in [0.29, 0.717) is 6.07 Å². The van der Waals surface area contributed by atoms with Crippen molar-refractivity contribution in [2.75, 3.05) is 0 Å². The Morgan fingerprint density at radius 2 is 1.87 bits per heavy atom. The normalized spacial score (nSPS) is 12.9. The van der Waals surface area contributed by atoms with Crippen molar-refractivity contribution < 1.29 is 21.6 Å². The van der Waals surface area contributed by atoms with E-state index in [1.54, 1.807) is 0 Å². The van der Waals surface area contributed by atoms with E-state index in [1.165, 1.54) is 0 Å². The summed E-state index contributed by atoms with van der Waals surface area (Å²) in [6, 6.07) is 1.25. The van der Waals surface area contributed by atoms with Crippen molar-refractivity contribution in [2.45, 2.75) is 11.1 Å². The molecule has 0 fully saturated rings. The quantitative estimate of drug-likeness (QED) is 0.589. The molecular formula is C6H2BrClF3NO2S. The molecule has 0 saturated carbocycles. The maximum Gasteiger partial charge on any atom is 0.433 e. The molecule has 0 saturated heterocycles. The lowest BCUT2D eigenvalue weighted by Gasteiger charge is -2.07. The monoisotopic (exact) mass is 323 g/mol. The highest BCUT2D eigenvalue weighted by Crippen LogP contribution is 2.31. The van der Waals surface area contributed by atoms with Crippen LogP contribution in [-0.2, 0) is 15.2 Å². The first kappa shape index (κ1) is 12.7. The Hall–Kier alpha value is -0.340. The number of nitrogens with zero attached hydrogens (tertiary/aromatic N) is 1. The molecule has 3 nitrogen and oxygen atoms in total. The predicted molar refractivity (Wildman–Crippen MR) is 50.0 cm³/mol. The third kappa shape index (κ3) is 3.32. The summed E-state index contributed by atoms with van der Waals surface area (Å²) in [5.41, 5.74) is -1.32. The molecule has 0 spiro atoms. The Kier molecular flexibility index (Phi) is 3.32. The van der Waals surface area contributed by atoms with Crippen LogP contribution in [0.15, 0.2) is 21.6 Å². The fourth-order valence-corrected chi connectivity index (χ4v) is 2.12. The van der Waals surface area contributed by atoms with Crippen LogP contribution in [0.1, 0.15) is 5.69 Å². The smallest absolute Gasteiger partial charge is 0.236 e. The van der Waals surface area contributed by atoms with Crippen LogP contribution in [0, 0.1) is 0 Å². The molecule has 0 bridgehead atoms. The molecule has 0 unspecified atom stereocenters. The summed E-state index contributed by atoms with van der Waals surface area (Å²) >= 11 is 2.66. The summed E-state index contributed by atoms with van der Waals surface area (Å²) in [6.07, 6.45) is -4.72. The summed E-state index contributed by atoms with van der Waals surface area (Å²) in [5, 5.41) is 0. The number of pyridine rings is 1. The molecule has 0 aliphatic carbocycles. The lowest BCUT2D eigenvalue weighted by molar-refractivity contribution is -0.141. The number of aromatic nitrogens is 1. The van der Waals surface area contributed by atoms with E-state index in [1.807, 2.05) is 0 Å². The van der Waals surface area contributed by atoms with Gasteiger partial charge in [-0.25, -0.2) is 13.4 Å². The first-order chi connectivity index (χ1) is 6.60. The van der Waals surface area contributed by atoms with Crippen molar-refractivity contribution in [1.82, 2.24) is 4.98 Å². The third-order valence-corrected chi connectivity index (χ3v) is 3.08. The van der Waals surface area contributed by atoms with Crippen molar-refractivity contribution in [1.29, 1.82) is 0 Å². The van der Waals surface area contributed by atoms with Crippen molar-refractivity contribution in [3.8, 4) is 0 Å². The van der Waals surface area contributed by atoms with Crippen LogP contribution in [0.5, 0.6) is 0 Å². The summed E-state index contributed by atoms with van der Waals surface area (Å²) in [7, 11) is 0.703. The standard InChI is InChI=1S/C6H2BrClF3NO2S/c7-5-2-3(15(8,13)14)1-4(12-5)6(9,10)11/h1-2H. The Morgan fingerprint density at radius 3 is 2.27 bits per heavy atom. The Labute approximate surface area is 95.8 Å². The lowest BCUT2D eigenvalue weighted by atomic mass is 10.3. The molecule has 84 valence electrons. The second-order valence-corrected chi connectivity index (χ2v) is 5.82. The highest BCUT2D eigenvalue weighted by molar-refractivity contribution is 9.10. The van der Waals surface area contributed by atoms with Gasteiger partial charge in [0, 0.05) is 10.7 Å². The second-order valence-electron chi connectivity index (χ2n) is 2.45. The number of halogens is 5. The van der Waals surface area contributed by atoms with E-state index in [4.69, 9.17) is 10.7 Å². The maximum absolute atomic E-state index is 12.2. The van der Waals surface area contributed by atoms with Gasteiger partial charge in [0.05, 0.1) is 4.90 Å². The van der Waals surface area contributed by atoms with Gasteiger partial charge in [-0.15, -0.1) is 0 Å². The molecule has 1 rings (SSSR count). The zero-order valence-corrected chi connectivity index (χ0v) is 9.87. The molecule has 0 aromatic carbocycles. The van der Waals surface area contributed by atoms with Gasteiger partial charge in [-0.3, -0.25) is 0 Å². The summed E-state index contributed by atoms with van der Waals surface area (Å²) in [4.78, 5) is 2.43. The van der Waals surface area contributed by atoms with Gasteiger partial charge >= 0.3 is 6.18 Å². The zero-order chi connectivity index (χ0) is 11.9. The summed E-state index contributed by atoms with van der Waals surface area (Å²) < 4.78 is 58.0. The summed E-state index contributed by atoms with van der Waals surface area (Å²) in [5.74, 6) is 0. The van der Waals surface area contributed by atoms with Crippen LogP contribution in [0.3, 0.4) is 0 Å². The van der Waals surface area contributed by atoms with Gasteiger partial charge in [-0.1, -0.05) is 0 Å². The Morgan fingerprint density at radius 1 is 1.33 bits per heavy atom. The minimum atomic E-state index is -4.72. The van der Waals surface area contributed by atoms with Crippen LogP contribution >= 0.6 is 26.6 Å². The molecule has 0 aliphatic heterocycles. The van der Waals surface area contributed by atoms with Crippen LogP contribution in [0.25, 0.3) is 0 Å². The van der Waals surface area contributed by atoms with E-state index < -0.39 is 25.8 Å². The Balaban J connectivity index is 3.43. The second kappa shape index (κ2) is 3.91. The van der Waals surface area contributed by atoms with Gasteiger partial charge in [-0.05, 0) is 28.1 Å². The fraction of sp³-hybridized carbons (Fsp3) is 0.167. The molecule has 0 amide bonds. The molecular weight excluding hydrogens is 322 g/mol. The van der Waals surface area contributed by atoms with Crippen LogP contribution in [0.2, 0.25) is 0 Å². The molecule has 1 heterocycles. The number of alkyl halides is 3. The molecule has 0 atom stereocenters. The van der Waals surface area contributed by atoms with E-state index in [2.05, 4.69) is 20.9 Å². The average molecular weight is 325 g/mol. The van der Waals surface area contributed by atoms with Crippen LogP contribution in [-0.4, -0.2) is 13.4 Å². The lowest BCUT2D eigenvalue weighted by Crippen LogP contribution is -2.09. The Bertz CT molecular complexity index is 488. The van der Waals surface area contributed by atoms with Gasteiger partial charge in [0.1, 0.15) is 10.3 Å². The van der Waals surface area contributed by atoms with Crippen molar-refractivity contribution >= 4 is 35.7 Å². The van der Waals surface area contributed by atoms with Gasteiger partial charge in [0.25, 0.3) is 9.05 Å². The molecule has 0 N–H and O–H groups in total. The molecule has 0 radical (unpaired) electrons. The van der Waals surface area contributed by atoms with Crippen LogP contribution < -0.4 is 0 Å². The van der Waals surface area contributed by atoms with Crippen molar-refractivity contribution in [3.63, 3.8) is 0 Å². The summed E-state index contributed by atoms with van der Waals surface area (Å²) in [6.45, 7) is 0. The molecule has 15 heavy (non-hydrogen) atoms. The minimum Gasteiger partial charge on any atom is -0.236 e. The largest absolute Gasteiger partial charge is 0.433 e. The third-order valence-electron chi connectivity index (χ3n) is 1.34. The number of hydrogen-bond acceptors (Lipinski definition) is 3. The SMILES string of the molecule is O=S(=O)(Cl)c1cc(Br)nc(C(F)(F)F)c1. The number of rotatable bonds is 1. The first-order valence-electron chi connectivity index (χ1n) is 3.30. The van der Waals surface area contributed by atoms with E-state index in [0.717, 1.165) is 6.07 Å². The predicted octanol–water partition coefficient (Wildman–Crippen LogP) is 2.79. The van der Waals surface area contributed by atoms with E-state index in [9.17, 15) is 21.6 Å². The van der Waals surface area contributed by atoms with E-state index in [-0.39, 0.29) is 4.60 Å². The van der Waals surface area contributed by atoms with Crippen molar-refractivity contribution in [3.05, 3.63) is 22.4 Å². The van der Waals surface area contributed by atoms with Crippen LogP contribution in [0.4, 0.5) is 13.2 Å². The average Bonchev–Trinajstić information content (AvgIpc) is 1.99. The zero-order valence-electron chi connectivity index (χ0n) is 6.72. The fourth-order valence-electron chi connectivity index (χ4n) is 0.759. The van der Waals surface area contributed by atoms with Crippen molar-refractivity contribution in [2.24, 2.45) is 0 Å². The van der Waals surface area contributed by atoms with Gasteiger partial charge in [0.15, 0.2) is 0 Å². The highest BCUT2D eigenvalue weighted by Gasteiger charge is 2.34. The molecule has 0 aliphatic rings. The first-order valence-corrected chi connectivity index (χ1v) is 6.40. The topological polar surface area (TPSA) is 47.0 Å². The minimum absolute atomic E-state index is 0.253. The molecule has 1 aromatic rings. The molecule has 9 heteroatoms. The highest BCUT2D eigenvalue weighted by atomic mass is 79.9. The van der Waals surface area contributed by atoms with Gasteiger partial charge in [0.2, 0.25) is 0 Å². The maximum atomic E-state index is 12.2. The van der Waals surface area contributed by atoms with Gasteiger partial charge < -0.3 is 0 Å². The van der Waals surface area contributed by atoms with Gasteiger partial charge in [-0.2, -0.15) is 13.2 Å². The molecule has 1 aromatic heterocycles. The number of hydrogen-bond donors (Lipinski definition) is 0.